The summed E-state index contributed by atoms with van der Waals surface area (Å²) in [6.45, 7) is 4.22. The summed E-state index contributed by atoms with van der Waals surface area (Å²) in [7, 11) is 1.66. The molecule has 0 spiro atoms. The molecule has 2 heterocycles. The first-order valence-electron chi connectivity index (χ1n) is 9.87. The van der Waals surface area contributed by atoms with E-state index in [9.17, 15) is 9.90 Å². The molecule has 0 unspecified atom stereocenters. The molecule has 2 aliphatic rings. The van der Waals surface area contributed by atoms with Gasteiger partial charge in [0.25, 0.3) is 0 Å². The average molecular weight is 384 g/mol. The summed E-state index contributed by atoms with van der Waals surface area (Å²) in [4.78, 5) is 18.4. The molecule has 2 aromatic rings. The van der Waals surface area contributed by atoms with Gasteiger partial charge >= 0.3 is 0 Å². The fourth-order valence-electron chi connectivity index (χ4n) is 4.70. The lowest BCUT2D eigenvalue weighted by molar-refractivity contribution is -0.121. The van der Waals surface area contributed by atoms with Gasteiger partial charge in [-0.2, -0.15) is 0 Å². The van der Waals surface area contributed by atoms with Crippen LogP contribution in [0.5, 0.6) is 5.75 Å². The van der Waals surface area contributed by atoms with Gasteiger partial charge < -0.3 is 19.7 Å². The topological polar surface area (TPSA) is 79.6 Å². The smallest absolute Gasteiger partial charge is 0.217 e. The van der Waals surface area contributed by atoms with Gasteiger partial charge in [0.05, 0.1) is 25.8 Å². The lowest BCUT2D eigenvalue weighted by Crippen LogP contribution is -2.48. The van der Waals surface area contributed by atoms with Crippen LogP contribution in [0, 0.1) is 11.8 Å². The van der Waals surface area contributed by atoms with Crippen molar-refractivity contribution in [3.05, 3.63) is 42.5 Å². The molecule has 0 bridgehead atoms. The van der Waals surface area contributed by atoms with Crippen molar-refractivity contribution in [3.63, 3.8) is 0 Å². The predicted molar refractivity (Wildman–Crippen MR) is 105 cm³/mol. The van der Waals surface area contributed by atoms with Crippen LogP contribution < -0.4 is 10.1 Å². The number of aliphatic hydroxyl groups is 1. The Kier molecular flexibility index (Phi) is 5.37. The molecule has 1 amide bonds. The number of ether oxygens (including phenoxy) is 1. The Hall–Kier alpha value is -2.38. The molecule has 1 aromatic heterocycles. The van der Waals surface area contributed by atoms with Crippen LogP contribution in [0.2, 0.25) is 0 Å². The van der Waals surface area contributed by atoms with Crippen molar-refractivity contribution in [2.45, 2.75) is 38.5 Å². The number of aromatic nitrogens is 2. The molecule has 150 valence electrons. The van der Waals surface area contributed by atoms with Crippen molar-refractivity contribution in [3.8, 4) is 11.4 Å². The second-order valence-electron chi connectivity index (χ2n) is 7.97. The van der Waals surface area contributed by atoms with E-state index in [1.807, 2.05) is 36.7 Å². The summed E-state index contributed by atoms with van der Waals surface area (Å²) >= 11 is 0. The number of fused-ring (bicyclic) bond motifs is 1. The van der Waals surface area contributed by atoms with Gasteiger partial charge in [0, 0.05) is 38.1 Å². The highest BCUT2D eigenvalue weighted by atomic mass is 16.5. The first kappa shape index (κ1) is 19.0. The molecule has 1 aromatic carbocycles. The minimum atomic E-state index is -0.452. The number of hydrogen-bond acceptors (Lipinski definition) is 5. The summed E-state index contributed by atoms with van der Waals surface area (Å²) in [5.41, 5.74) is 1.06. The largest absolute Gasteiger partial charge is 0.497 e. The molecule has 1 aliphatic heterocycles. The minimum Gasteiger partial charge on any atom is -0.497 e. The third-order valence-electron chi connectivity index (χ3n) is 6.04. The van der Waals surface area contributed by atoms with E-state index in [0.717, 1.165) is 49.7 Å². The molecule has 1 saturated carbocycles. The third-order valence-corrected chi connectivity index (χ3v) is 6.04. The van der Waals surface area contributed by atoms with Crippen molar-refractivity contribution in [1.82, 2.24) is 19.8 Å². The molecule has 7 heteroatoms. The molecule has 4 atom stereocenters. The molecule has 2 fully saturated rings. The zero-order chi connectivity index (χ0) is 19.7. The Balaban J connectivity index is 1.43. The highest BCUT2D eigenvalue weighted by Gasteiger charge is 2.42. The van der Waals surface area contributed by atoms with Crippen molar-refractivity contribution < 1.29 is 14.6 Å². The maximum atomic E-state index is 11.4. The average Bonchev–Trinajstić information content (AvgIpc) is 3.28. The number of amides is 1. The fraction of sp³-hybridized carbons (Fsp3) is 0.524. The van der Waals surface area contributed by atoms with Gasteiger partial charge in [0.2, 0.25) is 5.91 Å². The van der Waals surface area contributed by atoms with E-state index in [1.54, 1.807) is 7.11 Å². The van der Waals surface area contributed by atoms with Crippen LogP contribution in [0.1, 0.15) is 25.6 Å². The van der Waals surface area contributed by atoms with E-state index in [2.05, 4.69) is 19.8 Å². The van der Waals surface area contributed by atoms with Crippen LogP contribution in [0.25, 0.3) is 5.69 Å². The van der Waals surface area contributed by atoms with Crippen LogP contribution in [-0.4, -0.2) is 57.8 Å². The maximum Gasteiger partial charge on any atom is 0.217 e. The number of benzene rings is 1. The molecule has 2 N–H and O–H groups in total. The Morgan fingerprint density at radius 3 is 2.64 bits per heavy atom. The van der Waals surface area contributed by atoms with Crippen molar-refractivity contribution >= 4 is 5.91 Å². The Bertz CT molecular complexity index is 819. The standard InChI is InChI=1S/C21H28N4O3/c1-14(26)23-19-9-15-11-24(12-16(15)10-20(19)27)13-21-22-7-8-25(21)17-3-5-18(28-2)6-4-17/h3-8,15-16,19-20,27H,9-13H2,1-2H3,(H,23,26)/t15-,16+,19-,20-/m1/s1. The molecule has 7 nitrogen and oxygen atoms in total. The highest BCUT2D eigenvalue weighted by Crippen LogP contribution is 2.37. The second-order valence-corrected chi connectivity index (χ2v) is 7.97. The van der Waals surface area contributed by atoms with Crippen LogP contribution in [0.3, 0.4) is 0 Å². The number of methoxy groups -OCH3 is 1. The first-order valence-corrected chi connectivity index (χ1v) is 9.87. The maximum absolute atomic E-state index is 11.4. The normalized spacial score (nSPS) is 27.4. The molecule has 1 aliphatic carbocycles. The van der Waals surface area contributed by atoms with Gasteiger partial charge in [-0.1, -0.05) is 0 Å². The zero-order valence-electron chi connectivity index (χ0n) is 16.4. The molecular formula is C21H28N4O3. The van der Waals surface area contributed by atoms with Crippen LogP contribution in [-0.2, 0) is 11.3 Å². The molecule has 28 heavy (non-hydrogen) atoms. The van der Waals surface area contributed by atoms with Gasteiger partial charge in [-0.15, -0.1) is 0 Å². The first-order chi connectivity index (χ1) is 13.5. The number of carbonyl (C=O) groups excluding carboxylic acids is 1. The summed E-state index contributed by atoms with van der Waals surface area (Å²) in [5, 5.41) is 13.3. The van der Waals surface area contributed by atoms with Gasteiger partial charge in [-0.3, -0.25) is 9.69 Å². The predicted octanol–water partition coefficient (Wildman–Crippen LogP) is 1.59. The summed E-state index contributed by atoms with van der Waals surface area (Å²) < 4.78 is 7.35. The number of carbonyl (C=O) groups is 1. The van der Waals surface area contributed by atoms with Gasteiger partial charge in [0.1, 0.15) is 11.6 Å². The Morgan fingerprint density at radius 2 is 1.96 bits per heavy atom. The Morgan fingerprint density at radius 1 is 1.25 bits per heavy atom. The molecule has 0 radical (unpaired) electrons. The quantitative estimate of drug-likeness (QED) is 0.818. The third kappa shape index (κ3) is 3.91. The lowest BCUT2D eigenvalue weighted by atomic mass is 9.77. The number of rotatable bonds is 5. The minimum absolute atomic E-state index is 0.0705. The SMILES string of the molecule is COc1ccc(-n2ccnc2CN2C[C@H]3C[C@@H](NC(C)=O)[C@H](O)C[C@H]3C2)cc1. The zero-order valence-corrected chi connectivity index (χ0v) is 16.4. The number of hydrogen-bond donors (Lipinski definition) is 2. The highest BCUT2D eigenvalue weighted by molar-refractivity contribution is 5.73. The van der Waals surface area contributed by atoms with Crippen molar-refractivity contribution in [2.75, 3.05) is 20.2 Å². The summed E-state index contributed by atoms with van der Waals surface area (Å²) in [5.74, 6) is 2.75. The van der Waals surface area contributed by atoms with E-state index < -0.39 is 6.10 Å². The van der Waals surface area contributed by atoms with E-state index in [4.69, 9.17) is 4.74 Å². The Labute approximate surface area is 165 Å². The van der Waals surface area contributed by atoms with Gasteiger partial charge in [0.15, 0.2) is 0 Å². The summed E-state index contributed by atoms with van der Waals surface area (Å²) in [6, 6.07) is 7.84. The van der Waals surface area contributed by atoms with Crippen molar-refractivity contribution in [1.29, 1.82) is 0 Å². The molecule has 4 rings (SSSR count). The number of likely N-dealkylation sites (tertiary alicyclic amines) is 1. The number of imidazole rings is 1. The monoisotopic (exact) mass is 384 g/mol. The van der Waals surface area contributed by atoms with E-state index >= 15 is 0 Å². The van der Waals surface area contributed by atoms with Crippen LogP contribution in [0.4, 0.5) is 0 Å². The summed E-state index contributed by atoms with van der Waals surface area (Å²) in [6.07, 6.45) is 4.95. The number of nitrogens with one attached hydrogen (secondary N) is 1. The van der Waals surface area contributed by atoms with Crippen LogP contribution >= 0.6 is 0 Å². The fourth-order valence-corrected chi connectivity index (χ4v) is 4.70. The molecule has 1 saturated heterocycles. The van der Waals surface area contributed by atoms with Crippen LogP contribution in [0.15, 0.2) is 36.7 Å². The van der Waals surface area contributed by atoms with Gasteiger partial charge in [-0.05, 0) is 48.9 Å². The number of aliphatic hydroxyl groups excluding tert-OH is 1. The van der Waals surface area contributed by atoms with E-state index in [1.165, 1.54) is 6.92 Å². The second kappa shape index (κ2) is 7.93. The van der Waals surface area contributed by atoms with E-state index in [-0.39, 0.29) is 11.9 Å². The number of nitrogens with zero attached hydrogens (tertiary/aromatic N) is 3. The molecular weight excluding hydrogens is 356 g/mol. The van der Waals surface area contributed by atoms with Crippen molar-refractivity contribution in [2.24, 2.45) is 11.8 Å². The van der Waals surface area contributed by atoms with E-state index in [0.29, 0.717) is 11.8 Å². The lowest BCUT2D eigenvalue weighted by Gasteiger charge is -2.35. The van der Waals surface area contributed by atoms with Gasteiger partial charge in [-0.25, -0.2) is 4.98 Å².